The molecule has 2 fully saturated rings. The van der Waals surface area contributed by atoms with E-state index in [1.54, 1.807) is 24.4 Å². The molecule has 0 unspecified atom stereocenters. The van der Waals surface area contributed by atoms with Gasteiger partial charge in [0.25, 0.3) is 11.8 Å². The van der Waals surface area contributed by atoms with E-state index in [1.165, 1.54) is 12.0 Å². The number of benzene rings is 1. The van der Waals surface area contributed by atoms with Gasteiger partial charge in [-0.1, -0.05) is 0 Å². The topological polar surface area (TPSA) is 87.8 Å². The number of rotatable bonds is 7. The van der Waals surface area contributed by atoms with Crippen LogP contribution in [-0.4, -0.2) is 71.0 Å². The van der Waals surface area contributed by atoms with Gasteiger partial charge in [0.05, 0.1) is 6.61 Å². The molecule has 0 spiro atoms. The fraction of sp³-hybridized carbons (Fsp3) is 0.464. The van der Waals surface area contributed by atoms with E-state index in [9.17, 15) is 9.59 Å². The number of aromatic amines is 1. The van der Waals surface area contributed by atoms with Crippen LogP contribution in [0.5, 0.6) is 11.5 Å². The van der Waals surface area contributed by atoms with E-state index in [1.807, 2.05) is 22.8 Å². The molecule has 3 aromatic rings. The molecule has 5 rings (SSSR count). The molecule has 0 bridgehead atoms. The number of aromatic nitrogens is 2. The molecule has 0 saturated carbocycles. The highest BCUT2D eigenvalue weighted by atomic mass is 16.5. The summed E-state index contributed by atoms with van der Waals surface area (Å²) < 4.78 is 11.6. The molecule has 2 aromatic heterocycles. The molecule has 4 heterocycles. The van der Waals surface area contributed by atoms with Gasteiger partial charge < -0.3 is 24.3 Å². The van der Waals surface area contributed by atoms with E-state index in [4.69, 9.17) is 9.47 Å². The molecule has 36 heavy (non-hydrogen) atoms. The zero-order chi connectivity index (χ0) is 24.9. The third-order valence-corrected chi connectivity index (χ3v) is 7.26. The SMILES string of the molecule is CCOc1cc(C(=O)N2CCC(c3c[nH]c4ncccc34)CC2)ccc1OCC(=O)N1CCCCC1. The number of H-pyrrole nitrogens is 1. The Labute approximate surface area is 211 Å². The number of nitrogens with zero attached hydrogens (tertiary/aromatic N) is 3. The lowest BCUT2D eigenvalue weighted by molar-refractivity contribution is -0.134. The highest BCUT2D eigenvalue weighted by molar-refractivity contribution is 5.95. The summed E-state index contributed by atoms with van der Waals surface area (Å²) in [5, 5.41) is 1.16. The number of carbonyl (C=O) groups is 2. The monoisotopic (exact) mass is 490 g/mol. The summed E-state index contributed by atoms with van der Waals surface area (Å²) in [6.45, 7) is 5.29. The van der Waals surface area contributed by atoms with Crippen LogP contribution in [0.3, 0.4) is 0 Å². The van der Waals surface area contributed by atoms with Crippen molar-refractivity contribution in [1.82, 2.24) is 19.8 Å². The molecule has 1 aromatic carbocycles. The van der Waals surface area contributed by atoms with Crippen LogP contribution in [0.4, 0.5) is 0 Å². The average molecular weight is 491 g/mol. The standard InChI is InChI=1S/C28H34N4O4/c1-2-35-25-17-21(8-9-24(25)36-19-26(33)31-13-4-3-5-14-31)28(34)32-15-10-20(11-16-32)23-18-30-27-22(23)7-6-12-29-27/h6-9,12,17-18,20H,2-5,10-11,13-16,19H2,1H3,(H,29,30). The van der Waals surface area contributed by atoms with Crippen molar-refractivity contribution in [1.29, 1.82) is 0 Å². The first-order valence-electron chi connectivity index (χ1n) is 13.0. The van der Waals surface area contributed by atoms with Crippen LogP contribution in [0.1, 0.15) is 60.9 Å². The van der Waals surface area contributed by atoms with Gasteiger partial charge in [0.15, 0.2) is 18.1 Å². The molecule has 0 radical (unpaired) electrons. The van der Waals surface area contributed by atoms with Crippen molar-refractivity contribution in [3.05, 3.63) is 53.9 Å². The Balaban J connectivity index is 1.21. The molecule has 2 amide bonds. The van der Waals surface area contributed by atoms with Crippen LogP contribution in [0, 0.1) is 0 Å². The van der Waals surface area contributed by atoms with Gasteiger partial charge in [0.2, 0.25) is 0 Å². The zero-order valence-corrected chi connectivity index (χ0v) is 20.9. The van der Waals surface area contributed by atoms with Crippen LogP contribution < -0.4 is 9.47 Å². The summed E-state index contributed by atoms with van der Waals surface area (Å²) in [4.78, 5) is 37.2. The van der Waals surface area contributed by atoms with Gasteiger partial charge in [-0.25, -0.2) is 4.98 Å². The molecule has 1 N–H and O–H groups in total. The van der Waals surface area contributed by atoms with E-state index in [-0.39, 0.29) is 18.4 Å². The van der Waals surface area contributed by atoms with Gasteiger partial charge in [-0.15, -0.1) is 0 Å². The van der Waals surface area contributed by atoms with Gasteiger partial charge >= 0.3 is 0 Å². The number of likely N-dealkylation sites (tertiary alicyclic amines) is 2. The zero-order valence-electron chi connectivity index (χ0n) is 20.9. The van der Waals surface area contributed by atoms with Crippen molar-refractivity contribution in [2.45, 2.75) is 44.9 Å². The fourth-order valence-electron chi connectivity index (χ4n) is 5.29. The van der Waals surface area contributed by atoms with Crippen molar-refractivity contribution >= 4 is 22.8 Å². The smallest absolute Gasteiger partial charge is 0.260 e. The fourth-order valence-corrected chi connectivity index (χ4v) is 5.29. The van der Waals surface area contributed by atoms with E-state index in [2.05, 4.69) is 22.2 Å². The van der Waals surface area contributed by atoms with Crippen molar-refractivity contribution < 1.29 is 19.1 Å². The van der Waals surface area contributed by atoms with E-state index in [0.717, 1.165) is 49.8 Å². The molecule has 2 saturated heterocycles. The van der Waals surface area contributed by atoms with Gasteiger partial charge in [0, 0.05) is 49.5 Å². The Morgan fingerprint density at radius 1 is 1.00 bits per heavy atom. The van der Waals surface area contributed by atoms with E-state index < -0.39 is 0 Å². The van der Waals surface area contributed by atoms with Crippen LogP contribution in [0.2, 0.25) is 0 Å². The first kappa shape index (κ1) is 24.2. The number of fused-ring (bicyclic) bond motifs is 1. The predicted molar refractivity (Wildman–Crippen MR) is 138 cm³/mol. The lowest BCUT2D eigenvalue weighted by atomic mass is 9.89. The maximum Gasteiger partial charge on any atom is 0.260 e. The normalized spacial score (nSPS) is 16.8. The first-order chi connectivity index (χ1) is 17.6. The quantitative estimate of drug-likeness (QED) is 0.531. The number of carbonyl (C=O) groups excluding carboxylic acids is 2. The minimum atomic E-state index is -0.0236. The lowest BCUT2D eigenvalue weighted by Gasteiger charge is -2.32. The van der Waals surface area contributed by atoms with Crippen molar-refractivity contribution in [3.63, 3.8) is 0 Å². The maximum atomic E-state index is 13.3. The Morgan fingerprint density at radius 2 is 1.81 bits per heavy atom. The summed E-state index contributed by atoms with van der Waals surface area (Å²) in [7, 11) is 0. The second-order valence-corrected chi connectivity index (χ2v) is 9.53. The van der Waals surface area contributed by atoms with Crippen molar-refractivity contribution in [2.75, 3.05) is 39.4 Å². The Morgan fingerprint density at radius 3 is 2.58 bits per heavy atom. The number of piperidine rings is 2. The lowest BCUT2D eigenvalue weighted by Crippen LogP contribution is -2.38. The number of hydrogen-bond donors (Lipinski definition) is 1. The summed E-state index contributed by atoms with van der Waals surface area (Å²) in [6.07, 6.45) is 8.93. The molecule has 0 aliphatic carbocycles. The largest absolute Gasteiger partial charge is 0.490 e. The Bertz CT molecular complexity index is 1210. The highest BCUT2D eigenvalue weighted by Gasteiger charge is 2.27. The molecule has 2 aliphatic rings. The van der Waals surface area contributed by atoms with Crippen LogP contribution in [0.15, 0.2) is 42.7 Å². The van der Waals surface area contributed by atoms with Gasteiger partial charge in [-0.3, -0.25) is 9.59 Å². The van der Waals surface area contributed by atoms with E-state index >= 15 is 0 Å². The number of nitrogens with one attached hydrogen (secondary N) is 1. The van der Waals surface area contributed by atoms with E-state index in [0.29, 0.717) is 42.7 Å². The minimum absolute atomic E-state index is 0.00819. The molecule has 8 heteroatoms. The summed E-state index contributed by atoms with van der Waals surface area (Å²) >= 11 is 0. The van der Waals surface area contributed by atoms with Gasteiger partial charge in [-0.2, -0.15) is 0 Å². The number of hydrogen-bond acceptors (Lipinski definition) is 5. The maximum absolute atomic E-state index is 13.3. The Kier molecular flexibility index (Phi) is 7.39. The van der Waals surface area contributed by atoms with Crippen LogP contribution in [-0.2, 0) is 4.79 Å². The second-order valence-electron chi connectivity index (χ2n) is 9.53. The number of amides is 2. The molecule has 2 aliphatic heterocycles. The average Bonchev–Trinajstić information content (AvgIpc) is 3.37. The Hall–Kier alpha value is -3.55. The van der Waals surface area contributed by atoms with Gasteiger partial charge in [0.1, 0.15) is 5.65 Å². The summed E-state index contributed by atoms with van der Waals surface area (Å²) in [5.74, 6) is 1.37. The van der Waals surface area contributed by atoms with Crippen LogP contribution >= 0.6 is 0 Å². The van der Waals surface area contributed by atoms with Crippen molar-refractivity contribution in [2.24, 2.45) is 0 Å². The summed E-state index contributed by atoms with van der Waals surface area (Å²) in [6, 6.07) is 9.32. The minimum Gasteiger partial charge on any atom is -0.490 e. The van der Waals surface area contributed by atoms with Crippen molar-refractivity contribution in [3.8, 4) is 11.5 Å². The molecule has 8 nitrogen and oxygen atoms in total. The first-order valence-corrected chi connectivity index (χ1v) is 13.0. The van der Waals surface area contributed by atoms with Gasteiger partial charge in [-0.05, 0) is 80.8 Å². The predicted octanol–water partition coefficient (Wildman–Crippen LogP) is 4.37. The molecule has 190 valence electrons. The molecular weight excluding hydrogens is 456 g/mol. The number of pyridine rings is 1. The molecule has 0 atom stereocenters. The number of ether oxygens (including phenoxy) is 2. The highest BCUT2D eigenvalue weighted by Crippen LogP contribution is 2.34. The third-order valence-electron chi connectivity index (χ3n) is 7.26. The molecular formula is C28H34N4O4. The third kappa shape index (κ3) is 5.17. The van der Waals surface area contributed by atoms with Crippen LogP contribution in [0.25, 0.3) is 11.0 Å². The summed E-state index contributed by atoms with van der Waals surface area (Å²) in [5.41, 5.74) is 2.77. The second kappa shape index (κ2) is 11.0.